The Morgan fingerprint density at radius 1 is 1.44 bits per heavy atom. The Kier molecular flexibility index (Phi) is 16.5. The van der Waals surface area contributed by atoms with Crippen LogP contribution in [0.4, 0.5) is 0 Å². The van der Waals surface area contributed by atoms with Crippen LogP contribution in [-0.4, -0.2) is 63.2 Å². The third kappa shape index (κ3) is 11.4. The Balaban J connectivity index is 0. The Hall–Kier alpha value is -1.91. The number of rotatable bonds is 7. The highest BCUT2D eigenvalue weighted by Gasteiger charge is 2.09. The maximum Gasteiger partial charge on any atom is 0.0991 e. The molecule has 1 unspecified atom stereocenters. The van der Waals surface area contributed by atoms with Crippen LogP contribution in [0.1, 0.15) is 39.3 Å². The van der Waals surface area contributed by atoms with E-state index in [1.165, 1.54) is 0 Å². The fraction of sp³-hybridized carbons (Fsp3) is 0.571. The van der Waals surface area contributed by atoms with Crippen molar-refractivity contribution >= 4 is 5.70 Å². The average molecular weight is 379 g/mol. The molecule has 1 fully saturated rings. The molecule has 6 nitrogen and oxygen atoms in total. The summed E-state index contributed by atoms with van der Waals surface area (Å²) in [6, 6.07) is 9.78. The fourth-order valence-electron chi connectivity index (χ4n) is 2.26. The van der Waals surface area contributed by atoms with Crippen molar-refractivity contribution in [3.05, 3.63) is 41.5 Å². The van der Waals surface area contributed by atoms with Crippen LogP contribution >= 0.6 is 0 Å². The summed E-state index contributed by atoms with van der Waals surface area (Å²) in [4.78, 5) is 2.19. The van der Waals surface area contributed by atoms with Gasteiger partial charge in [-0.05, 0) is 43.8 Å². The van der Waals surface area contributed by atoms with Crippen molar-refractivity contribution in [3.8, 4) is 6.07 Å². The topological polar surface area (TPSA) is 80.5 Å². The Morgan fingerprint density at radius 3 is 2.67 bits per heavy atom. The zero-order chi connectivity index (χ0) is 18.5. The molecule has 0 saturated carbocycles. The second-order valence-electron chi connectivity index (χ2n) is 5.88. The minimum atomic E-state index is -0.176. The molecule has 1 atom stereocenters. The molecule has 1 aromatic rings. The van der Waals surface area contributed by atoms with Gasteiger partial charge in [0.2, 0.25) is 0 Å². The van der Waals surface area contributed by atoms with E-state index < -0.39 is 0 Å². The van der Waals surface area contributed by atoms with Gasteiger partial charge in [0.25, 0.3) is 0 Å². The van der Waals surface area contributed by atoms with Gasteiger partial charge in [-0.25, -0.2) is 0 Å². The monoisotopic (exact) mass is 378 g/mol. The minimum Gasteiger partial charge on any atom is -0.391 e. The van der Waals surface area contributed by atoms with Gasteiger partial charge in [-0.15, -0.1) is 0 Å². The van der Waals surface area contributed by atoms with Crippen LogP contribution in [-0.2, 0) is 4.74 Å². The first-order valence-corrected chi connectivity index (χ1v) is 8.64. The lowest BCUT2D eigenvalue weighted by atomic mass is 10.1. The van der Waals surface area contributed by atoms with Gasteiger partial charge in [-0.1, -0.05) is 33.9 Å². The van der Waals surface area contributed by atoms with Gasteiger partial charge in [-0.2, -0.15) is 5.26 Å². The van der Waals surface area contributed by atoms with Gasteiger partial charge in [0.05, 0.1) is 24.3 Å². The highest BCUT2D eigenvalue weighted by atomic mass is 16.5. The predicted molar refractivity (Wildman–Crippen MR) is 114 cm³/mol. The van der Waals surface area contributed by atoms with Crippen LogP contribution in [0.15, 0.2) is 30.3 Å². The number of benzene rings is 1. The first kappa shape index (κ1) is 27.3. The number of likely N-dealkylation sites (N-methyl/N-ethyl adjacent to an activating group) is 1. The molecular weight excluding hydrogens is 340 g/mol. The molecule has 0 radical (unpaired) electrons. The number of nitriles is 1. The summed E-state index contributed by atoms with van der Waals surface area (Å²) in [6.07, 6.45) is 2.78. The van der Waals surface area contributed by atoms with E-state index in [-0.39, 0.29) is 21.0 Å². The fourth-order valence-corrected chi connectivity index (χ4v) is 2.26. The van der Waals surface area contributed by atoms with Crippen molar-refractivity contribution in [2.24, 2.45) is 0 Å². The van der Waals surface area contributed by atoms with Crippen molar-refractivity contribution in [2.45, 2.75) is 34.3 Å². The zero-order valence-electron chi connectivity index (χ0n) is 15.5. The number of hydrogen-bond acceptors (Lipinski definition) is 6. The smallest absolute Gasteiger partial charge is 0.0991 e. The lowest BCUT2D eigenvalue weighted by Gasteiger charge is -2.16. The molecule has 154 valence electrons. The van der Waals surface area contributed by atoms with Crippen LogP contribution in [0.5, 0.6) is 0 Å². The van der Waals surface area contributed by atoms with Crippen LogP contribution in [0.25, 0.3) is 5.70 Å². The van der Waals surface area contributed by atoms with Crippen molar-refractivity contribution in [1.29, 1.82) is 5.26 Å². The highest BCUT2D eigenvalue weighted by molar-refractivity contribution is 5.65. The van der Waals surface area contributed by atoms with Crippen molar-refractivity contribution in [1.82, 2.24) is 15.5 Å². The first-order valence-electron chi connectivity index (χ1n) is 8.64. The number of nitrogens with one attached hydrogen (secondary N) is 2. The average Bonchev–Trinajstić information content (AvgIpc) is 3.12. The third-order valence-corrected chi connectivity index (χ3v) is 3.72. The van der Waals surface area contributed by atoms with E-state index in [0.717, 1.165) is 44.0 Å². The highest BCUT2D eigenvalue weighted by Crippen LogP contribution is 2.12. The van der Waals surface area contributed by atoms with Crippen LogP contribution in [0, 0.1) is 11.3 Å². The van der Waals surface area contributed by atoms with E-state index in [2.05, 4.69) is 41.7 Å². The van der Waals surface area contributed by atoms with Crippen LogP contribution in [0.2, 0.25) is 0 Å². The molecule has 0 spiro atoms. The second-order valence-corrected chi connectivity index (χ2v) is 5.88. The predicted octanol–water partition coefficient (Wildman–Crippen LogP) is 2.66. The van der Waals surface area contributed by atoms with E-state index in [9.17, 15) is 0 Å². The van der Waals surface area contributed by atoms with E-state index in [1.807, 2.05) is 31.3 Å². The van der Waals surface area contributed by atoms with Crippen molar-refractivity contribution < 1.29 is 9.84 Å². The molecule has 1 heterocycles. The Bertz CT molecular complexity index is 564. The van der Waals surface area contributed by atoms with Gasteiger partial charge >= 0.3 is 0 Å². The Morgan fingerprint density at radius 2 is 2.19 bits per heavy atom. The molecule has 0 aromatic heterocycles. The molecule has 0 amide bonds. The van der Waals surface area contributed by atoms with Gasteiger partial charge in [0, 0.05) is 32.6 Å². The summed E-state index contributed by atoms with van der Waals surface area (Å²) in [5.74, 6) is 0. The lowest BCUT2D eigenvalue weighted by Crippen LogP contribution is -2.31. The van der Waals surface area contributed by atoms with Crippen molar-refractivity contribution in [3.63, 3.8) is 0 Å². The zero-order valence-corrected chi connectivity index (χ0v) is 15.5. The molecule has 0 aliphatic carbocycles. The second kappa shape index (κ2) is 16.3. The summed E-state index contributed by atoms with van der Waals surface area (Å²) in [6.45, 7) is 6.05. The van der Waals surface area contributed by atoms with E-state index in [0.29, 0.717) is 12.2 Å². The summed E-state index contributed by atoms with van der Waals surface area (Å²) in [5.41, 5.74) is 2.76. The normalized spacial score (nSPS) is 15.7. The number of ether oxygens (including phenoxy) is 1. The standard InChI is InChI=1S/C15H22N4.C4H8O2.2CH4/c1-4-18-12-19(3)9-8-15(17-2)14-7-5-6-13(10-14)11-16;5-4-1-2-6-3-4;;/h5-8,10,17-18H,4,9,12H2,1-3H3;4-5H,1-3H2;2*1H4/b15-8-;;;. The van der Waals surface area contributed by atoms with Crippen LogP contribution < -0.4 is 10.6 Å². The van der Waals surface area contributed by atoms with E-state index in [4.69, 9.17) is 15.1 Å². The van der Waals surface area contributed by atoms with E-state index >= 15 is 0 Å². The SMILES string of the molecule is C.C.CCNCN(C)C/C=C(\NC)c1cccc(C#N)c1.OC1CCOC1. The maximum absolute atomic E-state index is 8.93. The molecule has 0 bridgehead atoms. The van der Waals surface area contributed by atoms with E-state index in [1.54, 1.807) is 0 Å². The molecule has 6 heteroatoms. The molecule has 1 saturated heterocycles. The molecule has 3 N–H and O–H groups in total. The number of nitrogens with zero attached hydrogens (tertiary/aromatic N) is 2. The summed E-state index contributed by atoms with van der Waals surface area (Å²) in [5, 5.41) is 24.0. The summed E-state index contributed by atoms with van der Waals surface area (Å²) >= 11 is 0. The first-order chi connectivity index (χ1) is 12.1. The lowest BCUT2D eigenvalue weighted by molar-refractivity contribution is 0.127. The van der Waals surface area contributed by atoms with Crippen molar-refractivity contribution in [2.75, 3.05) is 47.1 Å². The largest absolute Gasteiger partial charge is 0.391 e. The molecule has 1 aliphatic rings. The maximum atomic E-state index is 8.93. The quantitative estimate of drug-likeness (QED) is 0.633. The molecule has 1 aliphatic heterocycles. The Labute approximate surface area is 165 Å². The molecule has 2 rings (SSSR count). The number of aliphatic hydroxyl groups excluding tert-OH is 1. The van der Waals surface area contributed by atoms with Gasteiger partial charge in [-0.3, -0.25) is 4.90 Å². The molecule has 27 heavy (non-hydrogen) atoms. The summed E-state index contributed by atoms with van der Waals surface area (Å²) in [7, 11) is 3.97. The number of aliphatic hydroxyl groups is 1. The van der Waals surface area contributed by atoms with Gasteiger partial charge in [0.1, 0.15) is 0 Å². The minimum absolute atomic E-state index is 0. The third-order valence-electron chi connectivity index (χ3n) is 3.72. The van der Waals surface area contributed by atoms with Crippen LogP contribution in [0.3, 0.4) is 0 Å². The van der Waals surface area contributed by atoms with Gasteiger partial charge in [0.15, 0.2) is 0 Å². The molecule has 1 aromatic carbocycles. The van der Waals surface area contributed by atoms with Gasteiger partial charge < -0.3 is 20.5 Å². The molecular formula is C21H38N4O2. The summed E-state index contributed by atoms with van der Waals surface area (Å²) < 4.78 is 4.81. The number of hydrogen-bond donors (Lipinski definition) is 3.